The number of aryl methyl sites for hydroxylation is 1. The Morgan fingerprint density at radius 2 is 1.86 bits per heavy atom. The van der Waals surface area contributed by atoms with Gasteiger partial charge < -0.3 is 20.1 Å². The number of nitrogens with one attached hydrogen (secondary N) is 2. The van der Waals surface area contributed by atoms with Gasteiger partial charge in [-0.2, -0.15) is 13.2 Å². The number of anilines is 1. The molecule has 1 saturated carbocycles. The number of aromatic nitrogens is 1. The maximum atomic E-state index is 12.5. The first-order chi connectivity index (χ1) is 13.7. The second-order valence-electron chi connectivity index (χ2n) is 7.75. The van der Waals surface area contributed by atoms with Crippen molar-refractivity contribution in [3.05, 3.63) is 30.0 Å². The van der Waals surface area contributed by atoms with Gasteiger partial charge in [0.25, 0.3) is 0 Å². The summed E-state index contributed by atoms with van der Waals surface area (Å²) in [6, 6.07) is 8.11. The summed E-state index contributed by atoms with van der Waals surface area (Å²) in [6.45, 7) is 0.573. The number of amides is 1. The molecule has 5 nitrogen and oxygen atoms in total. The first kappa shape index (κ1) is 23.2. The third kappa shape index (κ3) is 6.47. The molecular formula is C21H31F3N4O. The lowest BCUT2D eigenvalue weighted by Gasteiger charge is -2.32. The fraction of sp³-hybridized carbons (Fsp3) is 0.571. The fourth-order valence-corrected chi connectivity index (χ4v) is 3.88. The first-order valence-corrected chi connectivity index (χ1v) is 9.85. The zero-order valence-corrected chi connectivity index (χ0v) is 17.5. The number of benzene rings is 1. The van der Waals surface area contributed by atoms with Crippen molar-refractivity contribution in [2.75, 3.05) is 26.5 Å². The average Bonchev–Trinajstić information content (AvgIpc) is 2.98. The Hall–Kier alpha value is -2.06. The lowest BCUT2D eigenvalue weighted by Crippen LogP contribution is -2.37. The van der Waals surface area contributed by atoms with Gasteiger partial charge in [0.05, 0.1) is 5.52 Å². The highest BCUT2D eigenvalue weighted by Crippen LogP contribution is 2.29. The van der Waals surface area contributed by atoms with Crippen LogP contribution in [0.15, 0.2) is 24.3 Å². The Morgan fingerprint density at radius 1 is 1.21 bits per heavy atom. The van der Waals surface area contributed by atoms with Gasteiger partial charge in [-0.05, 0) is 71.9 Å². The number of halogens is 3. The molecule has 0 atom stereocenters. The van der Waals surface area contributed by atoms with Crippen molar-refractivity contribution in [2.24, 2.45) is 0 Å². The molecule has 0 saturated heterocycles. The van der Waals surface area contributed by atoms with Crippen molar-refractivity contribution in [1.82, 2.24) is 14.8 Å². The molecule has 2 aromatic rings. The summed E-state index contributed by atoms with van der Waals surface area (Å²) in [5.41, 5.74) is 1.46. The molecule has 1 aliphatic rings. The largest absolute Gasteiger partial charge is 0.406 e. The van der Waals surface area contributed by atoms with Crippen LogP contribution >= 0.6 is 0 Å². The summed E-state index contributed by atoms with van der Waals surface area (Å²) in [6.07, 6.45) is 1.64. The summed E-state index contributed by atoms with van der Waals surface area (Å²) in [4.78, 5) is 12.8. The summed E-state index contributed by atoms with van der Waals surface area (Å²) in [5.74, 6) is 0. The lowest BCUT2D eigenvalue weighted by atomic mass is 9.91. The highest BCUT2D eigenvalue weighted by Gasteiger charge is 2.29. The van der Waals surface area contributed by atoms with Crippen LogP contribution in [-0.4, -0.2) is 55.3 Å². The Balaban J connectivity index is 0.000000234. The van der Waals surface area contributed by atoms with Gasteiger partial charge >= 0.3 is 6.18 Å². The number of rotatable bonds is 5. The molecule has 1 heterocycles. The zero-order chi connectivity index (χ0) is 21.6. The van der Waals surface area contributed by atoms with E-state index in [1.807, 2.05) is 0 Å². The molecule has 3 rings (SSSR count). The minimum atomic E-state index is -4.27. The van der Waals surface area contributed by atoms with E-state index in [4.69, 9.17) is 0 Å². The summed E-state index contributed by atoms with van der Waals surface area (Å²) in [7, 11) is 6.44. The number of alkyl halides is 3. The first-order valence-electron chi connectivity index (χ1n) is 9.85. The topological polar surface area (TPSA) is 49.3 Å². The molecular weight excluding hydrogens is 381 g/mol. The van der Waals surface area contributed by atoms with Gasteiger partial charge in [0.15, 0.2) is 0 Å². The van der Waals surface area contributed by atoms with Crippen molar-refractivity contribution >= 4 is 23.0 Å². The Morgan fingerprint density at radius 3 is 2.38 bits per heavy atom. The van der Waals surface area contributed by atoms with Gasteiger partial charge in [0.1, 0.15) is 6.54 Å². The number of hydrogen-bond donors (Lipinski definition) is 2. The minimum absolute atomic E-state index is 0.455. The van der Waals surface area contributed by atoms with E-state index in [0.717, 1.165) is 12.1 Å². The van der Waals surface area contributed by atoms with Crippen LogP contribution in [0.4, 0.5) is 18.9 Å². The van der Waals surface area contributed by atoms with Gasteiger partial charge in [-0.15, -0.1) is 0 Å². The molecule has 1 aromatic heterocycles. The third-order valence-electron chi connectivity index (χ3n) is 5.54. The number of carbonyl (C=O) groups is 1. The van der Waals surface area contributed by atoms with Crippen LogP contribution in [0.2, 0.25) is 0 Å². The molecule has 0 spiro atoms. The molecule has 0 aliphatic heterocycles. The quantitative estimate of drug-likeness (QED) is 0.725. The third-order valence-corrected chi connectivity index (χ3v) is 5.54. The maximum Gasteiger partial charge on any atom is 0.406 e. The Bertz CT molecular complexity index is 793. The fourth-order valence-electron chi connectivity index (χ4n) is 3.88. The lowest BCUT2D eigenvalue weighted by molar-refractivity contribution is -0.140. The van der Waals surface area contributed by atoms with Gasteiger partial charge in [-0.25, -0.2) is 0 Å². The van der Waals surface area contributed by atoms with E-state index in [-0.39, 0.29) is 0 Å². The standard InChI is InChI=1S/C12H11F3N2O.C9H20N2/c1-8-5-9-10(16-7-18)3-2-4-11(9)17(8)6-12(13,14)15;1-10-8-4-6-9(7-5-8)11(2)3/h2-5,7H,6H2,1H3,(H,16,18);8-10H,4-7H2,1-3H3. The Labute approximate surface area is 170 Å². The number of hydrogen-bond acceptors (Lipinski definition) is 3. The van der Waals surface area contributed by atoms with Crippen molar-refractivity contribution in [1.29, 1.82) is 0 Å². The van der Waals surface area contributed by atoms with Crippen LogP contribution in [0.1, 0.15) is 31.4 Å². The van der Waals surface area contributed by atoms with Gasteiger partial charge in [0.2, 0.25) is 6.41 Å². The average molecular weight is 413 g/mol. The normalized spacial score (nSPS) is 19.7. The molecule has 0 bridgehead atoms. The maximum absolute atomic E-state index is 12.5. The van der Waals surface area contributed by atoms with Gasteiger partial charge in [0, 0.05) is 28.9 Å². The summed E-state index contributed by atoms with van der Waals surface area (Å²) >= 11 is 0. The van der Waals surface area contributed by atoms with Crippen LogP contribution < -0.4 is 10.6 Å². The molecule has 1 aliphatic carbocycles. The number of nitrogens with zero attached hydrogens (tertiary/aromatic N) is 2. The molecule has 1 fully saturated rings. The van der Waals surface area contributed by atoms with Gasteiger partial charge in [-0.3, -0.25) is 4.79 Å². The summed E-state index contributed by atoms with van der Waals surface area (Å²) < 4.78 is 38.6. The van der Waals surface area contributed by atoms with E-state index in [1.54, 1.807) is 31.2 Å². The molecule has 162 valence electrons. The predicted molar refractivity (Wildman–Crippen MR) is 111 cm³/mol. The SMILES string of the molecule is CNC1CCC(N(C)C)CC1.Cc1cc2c(NC=O)cccc2n1CC(F)(F)F. The monoisotopic (exact) mass is 412 g/mol. The van der Waals surface area contributed by atoms with E-state index in [9.17, 15) is 18.0 Å². The van der Waals surface area contributed by atoms with Crippen LogP contribution in [0, 0.1) is 6.92 Å². The van der Waals surface area contributed by atoms with Crippen LogP contribution in [0.5, 0.6) is 0 Å². The molecule has 8 heteroatoms. The van der Waals surface area contributed by atoms with Crippen molar-refractivity contribution < 1.29 is 18.0 Å². The molecule has 29 heavy (non-hydrogen) atoms. The zero-order valence-electron chi connectivity index (χ0n) is 17.5. The molecule has 0 unspecified atom stereocenters. The minimum Gasteiger partial charge on any atom is -0.336 e. The smallest absolute Gasteiger partial charge is 0.336 e. The van der Waals surface area contributed by atoms with Crippen molar-refractivity contribution in [2.45, 2.75) is 57.4 Å². The number of fused-ring (bicyclic) bond motifs is 1. The van der Waals surface area contributed by atoms with Crippen LogP contribution in [-0.2, 0) is 11.3 Å². The second kappa shape index (κ2) is 10.1. The van der Waals surface area contributed by atoms with E-state index in [2.05, 4.69) is 36.7 Å². The molecule has 0 radical (unpaired) electrons. The Kier molecular flexibility index (Phi) is 8.10. The van der Waals surface area contributed by atoms with E-state index in [1.165, 1.54) is 30.3 Å². The highest BCUT2D eigenvalue weighted by atomic mass is 19.4. The molecule has 1 aromatic carbocycles. The second-order valence-corrected chi connectivity index (χ2v) is 7.75. The van der Waals surface area contributed by atoms with E-state index >= 15 is 0 Å². The van der Waals surface area contributed by atoms with Crippen molar-refractivity contribution in [3.63, 3.8) is 0 Å². The van der Waals surface area contributed by atoms with Crippen LogP contribution in [0.25, 0.3) is 10.9 Å². The van der Waals surface area contributed by atoms with E-state index in [0.29, 0.717) is 28.7 Å². The molecule has 2 N–H and O–H groups in total. The van der Waals surface area contributed by atoms with E-state index < -0.39 is 12.7 Å². The summed E-state index contributed by atoms with van der Waals surface area (Å²) in [5, 5.41) is 6.43. The number of carbonyl (C=O) groups excluding carboxylic acids is 1. The van der Waals surface area contributed by atoms with Crippen LogP contribution in [0.3, 0.4) is 0 Å². The highest BCUT2D eigenvalue weighted by molar-refractivity contribution is 5.96. The predicted octanol–water partition coefficient (Wildman–Crippen LogP) is 4.16. The van der Waals surface area contributed by atoms with Crippen molar-refractivity contribution in [3.8, 4) is 0 Å². The van der Waals surface area contributed by atoms with Gasteiger partial charge in [-0.1, -0.05) is 6.07 Å². The molecule has 1 amide bonds.